The lowest BCUT2D eigenvalue weighted by Crippen LogP contribution is -2.43. The van der Waals surface area contributed by atoms with Crippen LogP contribution in [0.3, 0.4) is 0 Å². The molecule has 0 spiro atoms. The average molecular weight is 452 g/mol. The average Bonchev–Trinajstić information content (AvgIpc) is 3.21. The van der Waals surface area contributed by atoms with Crippen LogP contribution in [-0.4, -0.2) is 62.0 Å². The zero-order chi connectivity index (χ0) is 21.6. The van der Waals surface area contributed by atoms with Crippen molar-refractivity contribution in [2.45, 2.75) is 37.9 Å². The molecule has 1 aromatic heterocycles. The van der Waals surface area contributed by atoms with Crippen LogP contribution in [0.1, 0.15) is 32.6 Å². The molecule has 0 radical (unpaired) electrons. The van der Waals surface area contributed by atoms with Crippen LogP contribution in [0.4, 0.5) is 5.13 Å². The van der Waals surface area contributed by atoms with Crippen molar-refractivity contribution < 1.29 is 17.9 Å². The van der Waals surface area contributed by atoms with Gasteiger partial charge >= 0.3 is 0 Å². The van der Waals surface area contributed by atoms with Gasteiger partial charge in [0.1, 0.15) is 5.75 Å². The third-order valence-electron chi connectivity index (χ3n) is 5.33. The Morgan fingerprint density at radius 3 is 2.60 bits per heavy atom. The van der Waals surface area contributed by atoms with Gasteiger partial charge in [-0.3, -0.25) is 9.69 Å². The predicted octanol–water partition coefficient (Wildman–Crippen LogP) is 3.44. The van der Waals surface area contributed by atoms with Gasteiger partial charge in [0.05, 0.1) is 30.4 Å². The Bertz CT molecular complexity index is 933. The van der Waals surface area contributed by atoms with Crippen LogP contribution in [0.25, 0.3) is 11.3 Å². The van der Waals surface area contributed by atoms with Crippen LogP contribution in [0, 0.1) is 0 Å². The lowest BCUT2D eigenvalue weighted by atomic mass is 10.1. The number of hydrogen-bond donors (Lipinski definition) is 1. The number of amides is 1. The number of benzene rings is 1. The Morgan fingerprint density at radius 2 is 1.97 bits per heavy atom. The van der Waals surface area contributed by atoms with Crippen molar-refractivity contribution >= 4 is 32.2 Å². The number of aromatic nitrogens is 1. The van der Waals surface area contributed by atoms with Gasteiger partial charge in [-0.2, -0.15) is 0 Å². The number of thiazole rings is 1. The first kappa shape index (κ1) is 22.7. The fourth-order valence-electron chi connectivity index (χ4n) is 3.53. The van der Waals surface area contributed by atoms with E-state index in [-0.39, 0.29) is 23.5 Å². The van der Waals surface area contributed by atoms with E-state index in [1.165, 1.54) is 11.3 Å². The molecule has 0 aliphatic carbocycles. The maximum absolute atomic E-state index is 12.4. The van der Waals surface area contributed by atoms with Crippen LogP contribution in [-0.2, 0) is 14.6 Å². The summed E-state index contributed by atoms with van der Waals surface area (Å²) < 4.78 is 29.9. The van der Waals surface area contributed by atoms with E-state index in [2.05, 4.69) is 10.3 Å². The van der Waals surface area contributed by atoms with Gasteiger partial charge in [-0.05, 0) is 56.6 Å². The highest BCUT2D eigenvalue weighted by molar-refractivity contribution is 7.92. The summed E-state index contributed by atoms with van der Waals surface area (Å²) in [6, 6.07) is 7.61. The molecule has 0 bridgehead atoms. The number of rotatable bonds is 9. The summed E-state index contributed by atoms with van der Waals surface area (Å²) in [4.78, 5) is 18.9. The molecule has 7 nitrogen and oxygen atoms in total. The number of likely N-dealkylation sites (tertiary alicyclic amines) is 1. The van der Waals surface area contributed by atoms with E-state index in [0.717, 1.165) is 29.8 Å². The highest BCUT2D eigenvalue weighted by atomic mass is 32.2. The quantitative estimate of drug-likeness (QED) is 0.628. The maximum atomic E-state index is 12.4. The molecule has 3 rings (SSSR count). The van der Waals surface area contributed by atoms with E-state index >= 15 is 0 Å². The number of nitrogens with one attached hydrogen (secondary N) is 1. The van der Waals surface area contributed by atoms with Gasteiger partial charge < -0.3 is 10.1 Å². The number of ether oxygens (including phenoxy) is 1. The fraction of sp³-hybridized carbons (Fsp3) is 0.524. The van der Waals surface area contributed by atoms with Gasteiger partial charge in [0, 0.05) is 10.9 Å². The molecular weight excluding hydrogens is 422 g/mol. The maximum Gasteiger partial charge on any atom is 0.240 e. The van der Waals surface area contributed by atoms with Gasteiger partial charge in [0.15, 0.2) is 15.0 Å². The summed E-state index contributed by atoms with van der Waals surface area (Å²) in [6.07, 6.45) is 2.79. The van der Waals surface area contributed by atoms with Crippen molar-refractivity contribution in [2.24, 2.45) is 0 Å². The lowest BCUT2D eigenvalue weighted by molar-refractivity contribution is -0.117. The Morgan fingerprint density at radius 1 is 1.27 bits per heavy atom. The summed E-state index contributed by atoms with van der Waals surface area (Å²) in [7, 11) is -1.39. The van der Waals surface area contributed by atoms with Gasteiger partial charge in [-0.25, -0.2) is 13.4 Å². The normalized spacial score (nSPS) is 15.8. The number of anilines is 1. The largest absolute Gasteiger partial charge is 0.497 e. The number of methoxy groups -OCH3 is 1. The number of hydrogen-bond acceptors (Lipinski definition) is 7. The summed E-state index contributed by atoms with van der Waals surface area (Å²) >= 11 is 1.38. The Balaban J connectivity index is 1.48. The number of unbranched alkanes of at least 4 members (excludes halogenated alkanes) is 1. The van der Waals surface area contributed by atoms with Gasteiger partial charge in [-0.15, -0.1) is 11.3 Å². The van der Waals surface area contributed by atoms with Gasteiger partial charge in [0.2, 0.25) is 5.91 Å². The van der Waals surface area contributed by atoms with Crippen molar-refractivity contribution in [3.05, 3.63) is 29.6 Å². The minimum atomic E-state index is -3.02. The number of carbonyl (C=O) groups is 1. The molecule has 0 unspecified atom stereocenters. The van der Waals surface area contributed by atoms with Crippen LogP contribution in [0.15, 0.2) is 29.6 Å². The SMILES string of the molecule is CCCCS(=O)(=O)C1CCN(CC(=O)Nc2nc(-c3ccc(OC)cc3)cs2)CC1. The molecule has 1 amide bonds. The molecule has 0 atom stereocenters. The first-order valence-electron chi connectivity index (χ1n) is 10.2. The Kier molecular flexibility index (Phi) is 7.85. The molecular formula is C21H29N3O4S2. The molecule has 1 aliphatic rings. The molecule has 1 fully saturated rings. The van der Waals surface area contributed by atoms with E-state index in [9.17, 15) is 13.2 Å². The second-order valence-corrected chi connectivity index (χ2v) is 10.8. The molecule has 2 heterocycles. The minimum absolute atomic E-state index is 0.127. The van der Waals surface area contributed by atoms with Gasteiger partial charge in [-0.1, -0.05) is 13.3 Å². The molecule has 1 N–H and O–H groups in total. The first-order chi connectivity index (χ1) is 14.4. The molecule has 1 saturated heterocycles. The van der Waals surface area contributed by atoms with Crippen LogP contribution >= 0.6 is 11.3 Å². The fourth-order valence-corrected chi connectivity index (χ4v) is 6.22. The zero-order valence-corrected chi connectivity index (χ0v) is 19.1. The molecule has 164 valence electrons. The summed E-state index contributed by atoms with van der Waals surface area (Å²) in [5.41, 5.74) is 1.76. The van der Waals surface area contributed by atoms with E-state index < -0.39 is 9.84 Å². The van der Waals surface area contributed by atoms with Crippen LogP contribution < -0.4 is 10.1 Å². The van der Waals surface area contributed by atoms with Crippen molar-refractivity contribution in [3.63, 3.8) is 0 Å². The van der Waals surface area contributed by atoms with Gasteiger partial charge in [0.25, 0.3) is 0 Å². The topological polar surface area (TPSA) is 88.6 Å². The molecule has 0 saturated carbocycles. The van der Waals surface area contributed by atoms with Crippen molar-refractivity contribution in [2.75, 3.05) is 37.8 Å². The van der Waals surface area contributed by atoms with Crippen molar-refractivity contribution in [3.8, 4) is 17.0 Å². The monoisotopic (exact) mass is 451 g/mol. The standard InChI is InChI=1S/C21H29N3O4S2/c1-3-4-13-30(26,27)18-9-11-24(12-10-18)14-20(25)23-21-22-19(15-29-21)16-5-7-17(28-2)8-6-16/h5-8,15,18H,3-4,9-14H2,1-2H3,(H,22,23,25). The Hall–Kier alpha value is -1.97. The highest BCUT2D eigenvalue weighted by Crippen LogP contribution is 2.26. The zero-order valence-electron chi connectivity index (χ0n) is 17.5. The molecule has 1 aliphatic heterocycles. The van der Waals surface area contributed by atoms with Crippen LogP contribution in [0.5, 0.6) is 5.75 Å². The molecule has 30 heavy (non-hydrogen) atoms. The Labute approximate surface area is 182 Å². The second kappa shape index (κ2) is 10.4. The van der Waals surface area contributed by atoms with E-state index in [1.54, 1.807) is 7.11 Å². The third kappa shape index (κ3) is 6.02. The van der Waals surface area contributed by atoms with E-state index in [4.69, 9.17) is 4.74 Å². The number of nitrogens with zero attached hydrogens (tertiary/aromatic N) is 2. The van der Waals surface area contributed by atoms with Crippen LogP contribution in [0.2, 0.25) is 0 Å². The minimum Gasteiger partial charge on any atom is -0.497 e. The smallest absolute Gasteiger partial charge is 0.240 e. The third-order valence-corrected chi connectivity index (χ3v) is 8.43. The summed E-state index contributed by atoms with van der Waals surface area (Å²) in [6.45, 7) is 3.50. The number of carbonyl (C=O) groups excluding carboxylic acids is 1. The highest BCUT2D eigenvalue weighted by Gasteiger charge is 2.30. The lowest BCUT2D eigenvalue weighted by Gasteiger charge is -2.31. The molecule has 1 aromatic carbocycles. The summed E-state index contributed by atoms with van der Waals surface area (Å²) in [5, 5.41) is 5.05. The van der Waals surface area contributed by atoms with E-state index in [0.29, 0.717) is 31.1 Å². The molecule has 2 aromatic rings. The first-order valence-corrected chi connectivity index (χ1v) is 12.8. The second-order valence-electron chi connectivity index (χ2n) is 7.51. The van der Waals surface area contributed by atoms with E-state index in [1.807, 2.05) is 41.5 Å². The molecule has 9 heteroatoms. The number of piperidine rings is 1. The van der Waals surface area contributed by atoms with Crippen molar-refractivity contribution in [1.82, 2.24) is 9.88 Å². The number of sulfone groups is 1. The summed E-state index contributed by atoms with van der Waals surface area (Å²) in [5.74, 6) is 0.928. The predicted molar refractivity (Wildman–Crippen MR) is 121 cm³/mol. The van der Waals surface area contributed by atoms with Crippen molar-refractivity contribution in [1.29, 1.82) is 0 Å².